The van der Waals surface area contributed by atoms with E-state index in [1.54, 1.807) is 43.3 Å². The Balaban J connectivity index is 1.74. The van der Waals surface area contributed by atoms with Crippen LogP contribution < -0.4 is 10.2 Å². The van der Waals surface area contributed by atoms with Crippen LogP contribution in [0.2, 0.25) is 10.0 Å². The first kappa shape index (κ1) is 24.1. The molecule has 32 heavy (non-hydrogen) atoms. The lowest BCUT2D eigenvalue weighted by Crippen LogP contribution is -2.44. The largest absolute Gasteiger partial charge is 0.479 e. The molecule has 2 aromatic rings. The Morgan fingerprint density at radius 2 is 1.84 bits per heavy atom. The molecule has 166 valence electrons. The first-order valence-electron chi connectivity index (χ1n) is 9.21. The van der Waals surface area contributed by atoms with Gasteiger partial charge in [-0.1, -0.05) is 53.2 Å². The van der Waals surface area contributed by atoms with Gasteiger partial charge in [-0.2, -0.15) is 5.01 Å². The Labute approximate surface area is 203 Å². The lowest BCUT2D eigenvalue weighted by molar-refractivity contribution is -0.145. The maximum Gasteiger partial charge on any atom is 0.344 e. The number of benzene rings is 2. The van der Waals surface area contributed by atoms with Gasteiger partial charge in [0.25, 0.3) is 11.8 Å². The SMILES string of the molecule is CCOC(=O)COc1c(Cl)cc(/C=C2\SC(=S)N(NC(=O)c3ccccc3)C2=O)cc1Cl. The molecule has 0 atom stereocenters. The second-order valence-corrected chi connectivity index (χ2v) is 8.72. The first-order chi connectivity index (χ1) is 15.3. The van der Waals surface area contributed by atoms with Crippen molar-refractivity contribution in [2.75, 3.05) is 13.2 Å². The number of hydrogen-bond acceptors (Lipinski definition) is 7. The van der Waals surface area contributed by atoms with E-state index in [0.29, 0.717) is 11.1 Å². The predicted octanol–water partition coefficient (Wildman–Crippen LogP) is 4.48. The van der Waals surface area contributed by atoms with Crippen molar-refractivity contribution in [3.63, 3.8) is 0 Å². The molecule has 0 spiro atoms. The predicted molar refractivity (Wildman–Crippen MR) is 128 cm³/mol. The minimum absolute atomic E-state index is 0.126. The van der Waals surface area contributed by atoms with Gasteiger partial charge < -0.3 is 9.47 Å². The molecule has 0 unspecified atom stereocenters. The summed E-state index contributed by atoms with van der Waals surface area (Å²) in [6.45, 7) is 1.57. The zero-order valence-electron chi connectivity index (χ0n) is 16.6. The number of carbonyl (C=O) groups is 3. The normalized spacial score (nSPS) is 14.6. The lowest BCUT2D eigenvalue weighted by Gasteiger charge is -2.15. The highest BCUT2D eigenvalue weighted by Gasteiger charge is 2.33. The molecule has 0 aromatic heterocycles. The van der Waals surface area contributed by atoms with E-state index in [1.807, 2.05) is 0 Å². The maximum atomic E-state index is 12.8. The van der Waals surface area contributed by atoms with Crippen LogP contribution >= 0.6 is 47.2 Å². The molecule has 11 heteroatoms. The fraction of sp³-hybridized carbons (Fsp3) is 0.143. The molecule has 1 aliphatic heterocycles. The molecule has 1 fully saturated rings. The van der Waals surface area contributed by atoms with Gasteiger partial charge in [0, 0.05) is 5.56 Å². The summed E-state index contributed by atoms with van der Waals surface area (Å²) < 4.78 is 10.3. The van der Waals surface area contributed by atoms with Gasteiger partial charge in [0.15, 0.2) is 16.7 Å². The van der Waals surface area contributed by atoms with Crippen molar-refractivity contribution in [3.8, 4) is 5.75 Å². The molecule has 1 aliphatic rings. The Kier molecular flexibility index (Phi) is 8.14. The van der Waals surface area contributed by atoms with Crippen LogP contribution in [0.1, 0.15) is 22.8 Å². The van der Waals surface area contributed by atoms with E-state index in [-0.39, 0.29) is 38.2 Å². The van der Waals surface area contributed by atoms with Gasteiger partial charge in [0.05, 0.1) is 21.6 Å². The first-order valence-corrected chi connectivity index (χ1v) is 11.2. The van der Waals surface area contributed by atoms with Crippen LogP contribution in [-0.4, -0.2) is 40.3 Å². The van der Waals surface area contributed by atoms with Gasteiger partial charge in [0.1, 0.15) is 0 Å². The fourth-order valence-electron chi connectivity index (χ4n) is 2.61. The molecule has 0 saturated carbocycles. The van der Waals surface area contributed by atoms with Crippen molar-refractivity contribution in [1.29, 1.82) is 0 Å². The highest BCUT2D eigenvalue weighted by molar-refractivity contribution is 8.26. The van der Waals surface area contributed by atoms with Crippen molar-refractivity contribution < 1.29 is 23.9 Å². The monoisotopic (exact) mass is 510 g/mol. The molecule has 0 aliphatic carbocycles. The summed E-state index contributed by atoms with van der Waals surface area (Å²) in [6, 6.07) is 11.5. The quantitative estimate of drug-likeness (QED) is 0.333. The van der Waals surface area contributed by atoms with E-state index in [4.69, 9.17) is 44.9 Å². The number of nitrogens with zero attached hydrogens (tertiary/aromatic N) is 1. The Morgan fingerprint density at radius 1 is 1.19 bits per heavy atom. The minimum atomic E-state index is -0.551. The number of rotatable bonds is 7. The number of hydrazine groups is 1. The Bertz CT molecular complexity index is 1090. The van der Waals surface area contributed by atoms with Crippen molar-refractivity contribution in [1.82, 2.24) is 10.4 Å². The van der Waals surface area contributed by atoms with Gasteiger partial charge in [-0.25, -0.2) is 4.79 Å². The van der Waals surface area contributed by atoms with E-state index in [2.05, 4.69) is 5.43 Å². The summed E-state index contributed by atoms with van der Waals surface area (Å²) >= 11 is 18.7. The number of thiocarbonyl (C=S) groups is 1. The molecule has 7 nitrogen and oxygen atoms in total. The summed E-state index contributed by atoms with van der Waals surface area (Å²) in [5.41, 5.74) is 3.41. The summed E-state index contributed by atoms with van der Waals surface area (Å²) in [4.78, 5) is 36.9. The topological polar surface area (TPSA) is 84.9 Å². The maximum absolute atomic E-state index is 12.8. The van der Waals surface area contributed by atoms with Crippen molar-refractivity contribution in [3.05, 3.63) is 68.5 Å². The highest BCUT2D eigenvalue weighted by Crippen LogP contribution is 2.37. The van der Waals surface area contributed by atoms with Gasteiger partial charge in [0.2, 0.25) is 0 Å². The number of ether oxygens (including phenoxy) is 2. The molecule has 1 N–H and O–H groups in total. The van der Waals surface area contributed by atoms with Crippen molar-refractivity contribution in [2.45, 2.75) is 6.92 Å². The van der Waals surface area contributed by atoms with E-state index >= 15 is 0 Å². The van der Waals surface area contributed by atoms with Crippen molar-refractivity contribution >= 4 is 75.4 Å². The number of halogens is 2. The molecule has 0 bridgehead atoms. The minimum Gasteiger partial charge on any atom is -0.479 e. The summed E-state index contributed by atoms with van der Waals surface area (Å²) in [5, 5.41) is 1.32. The zero-order valence-corrected chi connectivity index (χ0v) is 19.7. The van der Waals surface area contributed by atoms with E-state index in [0.717, 1.165) is 16.8 Å². The number of esters is 1. The smallest absolute Gasteiger partial charge is 0.344 e. The third kappa shape index (κ3) is 5.80. The molecule has 0 radical (unpaired) electrons. The Hall–Kier alpha value is -2.59. The van der Waals surface area contributed by atoms with E-state index in [1.165, 1.54) is 12.1 Å². The molecule has 1 heterocycles. The standard InChI is InChI=1S/C21H16Cl2N2O5S2/c1-2-29-17(26)11-30-18-14(22)8-12(9-15(18)23)10-16-20(28)25(21(31)32-16)24-19(27)13-6-4-3-5-7-13/h3-10H,2,11H2,1H3,(H,24,27)/b16-10-. The van der Waals surface area contributed by atoms with Gasteiger partial charge in [-0.3, -0.25) is 15.0 Å². The highest BCUT2D eigenvalue weighted by atomic mass is 35.5. The number of thioether (sulfide) groups is 1. The van der Waals surface area contributed by atoms with Crippen LogP contribution in [0.3, 0.4) is 0 Å². The van der Waals surface area contributed by atoms with Crippen LogP contribution in [0.15, 0.2) is 47.4 Å². The average Bonchev–Trinajstić information content (AvgIpc) is 3.01. The molecule has 2 amide bonds. The summed E-state index contributed by atoms with van der Waals surface area (Å²) in [7, 11) is 0. The van der Waals surface area contributed by atoms with E-state index in [9.17, 15) is 14.4 Å². The van der Waals surface area contributed by atoms with Gasteiger partial charge in [-0.05, 0) is 55.0 Å². The second kappa shape index (κ2) is 10.8. The van der Waals surface area contributed by atoms with E-state index < -0.39 is 17.8 Å². The number of nitrogens with one attached hydrogen (secondary N) is 1. The van der Waals surface area contributed by atoms with Gasteiger partial charge >= 0.3 is 5.97 Å². The summed E-state index contributed by atoms with van der Waals surface area (Å²) in [5.74, 6) is -1.37. The molecular weight excluding hydrogens is 495 g/mol. The lowest BCUT2D eigenvalue weighted by atomic mass is 10.2. The second-order valence-electron chi connectivity index (χ2n) is 6.23. The summed E-state index contributed by atoms with van der Waals surface area (Å²) in [6.07, 6.45) is 1.54. The van der Waals surface area contributed by atoms with Crippen LogP contribution in [-0.2, 0) is 14.3 Å². The average molecular weight is 511 g/mol. The molecule has 1 saturated heterocycles. The zero-order chi connectivity index (χ0) is 23.3. The third-order valence-electron chi connectivity index (χ3n) is 4.00. The number of carbonyl (C=O) groups excluding carboxylic acids is 3. The molecule has 3 rings (SSSR count). The Morgan fingerprint density at radius 3 is 2.47 bits per heavy atom. The van der Waals surface area contributed by atoms with Crippen LogP contribution in [0.25, 0.3) is 6.08 Å². The third-order valence-corrected chi connectivity index (χ3v) is 5.86. The van der Waals surface area contributed by atoms with Crippen LogP contribution in [0, 0.1) is 0 Å². The van der Waals surface area contributed by atoms with Gasteiger partial charge in [-0.15, -0.1) is 0 Å². The van der Waals surface area contributed by atoms with Crippen LogP contribution in [0.4, 0.5) is 0 Å². The van der Waals surface area contributed by atoms with Crippen molar-refractivity contribution in [2.24, 2.45) is 0 Å². The number of hydrogen-bond donors (Lipinski definition) is 1. The van der Waals surface area contributed by atoms with Crippen LogP contribution in [0.5, 0.6) is 5.75 Å². The molecule has 2 aromatic carbocycles. The number of amides is 2. The fourth-order valence-corrected chi connectivity index (χ4v) is 4.40. The molecular formula is C21H16Cl2N2O5S2.